The summed E-state index contributed by atoms with van der Waals surface area (Å²) in [6.45, 7) is 16.5. The van der Waals surface area contributed by atoms with Crippen LogP contribution in [0.1, 0.15) is 54.4 Å². The van der Waals surface area contributed by atoms with Crippen molar-refractivity contribution in [3.05, 3.63) is 0 Å². The molecule has 0 aliphatic carbocycles. The van der Waals surface area contributed by atoms with Crippen LogP contribution in [0, 0.1) is 5.41 Å². The van der Waals surface area contributed by atoms with Gasteiger partial charge in [0.05, 0.1) is 12.1 Å². The second-order valence-corrected chi connectivity index (χ2v) is 11.1. The van der Waals surface area contributed by atoms with Gasteiger partial charge in [-0.2, -0.15) is 0 Å². The molecule has 0 aromatic rings. The molecule has 5 nitrogen and oxygen atoms in total. The summed E-state index contributed by atoms with van der Waals surface area (Å²) in [5.74, 6) is 0.193. The normalized spacial score (nSPS) is 21.5. The van der Waals surface area contributed by atoms with Crippen molar-refractivity contribution in [2.24, 2.45) is 5.41 Å². The van der Waals surface area contributed by atoms with E-state index < -0.39 is 14.6 Å². The topological polar surface area (TPSA) is 55.8 Å². The molecule has 1 saturated heterocycles. The van der Waals surface area contributed by atoms with Gasteiger partial charge >= 0.3 is 6.09 Å². The number of nitrogens with zero attached hydrogens (tertiary/aromatic N) is 1. The van der Waals surface area contributed by atoms with Crippen LogP contribution in [0.3, 0.4) is 0 Å². The third-order valence-electron chi connectivity index (χ3n) is 3.72. The van der Waals surface area contributed by atoms with Crippen molar-refractivity contribution in [1.29, 1.82) is 0 Å². The van der Waals surface area contributed by atoms with Crippen LogP contribution in [0.4, 0.5) is 4.79 Å². The quantitative estimate of drug-likeness (QED) is 0.737. The Balaban J connectivity index is 3.07. The van der Waals surface area contributed by atoms with E-state index in [4.69, 9.17) is 9.16 Å². The summed E-state index contributed by atoms with van der Waals surface area (Å²) in [5.41, 5.74) is -0.701. The number of likely N-dealkylation sites (tertiary alicyclic amines) is 1. The Morgan fingerprint density at radius 2 is 1.78 bits per heavy atom. The first-order chi connectivity index (χ1) is 10.3. The summed E-state index contributed by atoms with van der Waals surface area (Å²) in [7, 11) is -1.31. The third-order valence-corrected chi connectivity index (χ3v) is 4.56. The zero-order valence-electron chi connectivity index (χ0n) is 15.9. The Morgan fingerprint density at radius 1 is 1.22 bits per heavy atom. The van der Waals surface area contributed by atoms with E-state index in [2.05, 4.69) is 33.9 Å². The smallest absolute Gasteiger partial charge is 0.410 e. The highest BCUT2D eigenvalue weighted by Crippen LogP contribution is 2.32. The van der Waals surface area contributed by atoms with Gasteiger partial charge in [-0.3, -0.25) is 4.79 Å². The SMILES string of the molecule is C[SiH](C)OC([C@H]1CC(=O)CCN1C(=O)OC(C)(C)C)C(C)(C)C. The minimum atomic E-state index is -1.31. The Labute approximate surface area is 142 Å². The lowest BCUT2D eigenvalue weighted by Crippen LogP contribution is -2.57. The molecule has 1 heterocycles. The first kappa shape index (κ1) is 20.2. The Hall–Kier alpha value is -0.883. The van der Waals surface area contributed by atoms with Gasteiger partial charge in [0.15, 0.2) is 9.04 Å². The van der Waals surface area contributed by atoms with Crippen LogP contribution in [0.15, 0.2) is 0 Å². The Morgan fingerprint density at radius 3 is 2.22 bits per heavy atom. The van der Waals surface area contributed by atoms with Gasteiger partial charge in [0, 0.05) is 19.4 Å². The van der Waals surface area contributed by atoms with E-state index >= 15 is 0 Å². The van der Waals surface area contributed by atoms with Gasteiger partial charge in [-0.05, 0) is 39.3 Å². The van der Waals surface area contributed by atoms with E-state index in [-0.39, 0.29) is 29.4 Å². The van der Waals surface area contributed by atoms with Crippen molar-refractivity contribution in [3.63, 3.8) is 0 Å². The van der Waals surface area contributed by atoms with Crippen molar-refractivity contribution in [3.8, 4) is 0 Å². The summed E-state index contributed by atoms with van der Waals surface area (Å²) in [6.07, 6.45) is 0.234. The van der Waals surface area contributed by atoms with E-state index in [1.54, 1.807) is 4.90 Å². The van der Waals surface area contributed by atoms with Crippen LogP contribution < -0.4 is 0 Å². The molecule has 0 spiro atoms. The molecule has 23 heavy (non-hydrogen) atoms. The summed E-state index contributed by atoms with van der Waals surface area (Å²) < 4.78 is 11.8. The monoisotopic (exact) mass is 343 g/mol. The number of piperidine rings is 1. The van der Waals surface area contributed by atoms with E-state index in [1.807, 2.05) is 20.8 Å². The first-order valence-electron chi connectivity index (χ1n) is 8.48. The van der Waals surface area contributed by atoms with Gasteiger partial charge < -0.3 is 14.1 Å². The van der Waals surface area contributed by atoms with Crippen molar-refractivity contribution >= 4 is 20.9 Å². The van der Waals surface area contributed by atoms with Gasteiger partial charge in [-0.25, -0.2) is 4.79 Å². The summed E-state index contributed by atoms with van der Waals surface area (Å²) in [4.78, 5) is 26.3. The molecule has 0 radical (unpaired) electrons. The van der Waals surface area contributed by atoms with Gasteiger partial charge in [0.2, 0.25) is 0 Å². The summed E-state index contributed by atoms with van der Waals surface area (Å²) in [6, 6.07) is -0.249. The zero-order valence-corrected chi connectivity index (χ0v) is 17.1. The fourth-order valence-corrected chi connectivity index (χ4v) is 4.02. The molecule has 0 bridgehead atoms. The molecule has 0 aromatic heterocycles. The van der Waals surface area contributed by atoms with Crippen LogP contribution in [-0.4, -0.2) is 50.1 Å². The lowest BCUT2D eigenvalue weighted by atomic mass is 9.81. The maximum atomic E-state index is 12.6. The number of carbonyl (C=O) groups is 2. The minimum absolute atomic E-state index is 0.153. The standard InChI is InChI=1S/C17H33NO4Si/c1-16(2,3)14(22-23(7)8)13-11-12(19)9-10-18(13)15(20)21-17(4,5)6/h13-14,23H,9-11H2,1-8H3/t13-,14?/m1/s1. The maximum absolute atomic E-state index is 12.6. The van der Waals surface area contributed by atoms with E-state index in [9.17, 15) is 9.59 Å². The van der Waals surface area contributed by atoms with Gasteiger partial charge in [0.25, 0.3) is 0 Å². The molecule has 1 amide bonds. The van der Waals surface area contributed by atoms with Crippen LogP contribution in [0.25, 0.3) is 0 Å². The molecule has 1 aliphatic rings. The average molecular weight is 344 g/mol. The molecule has 1 aliphatic heterocycles. The average Bonchev–Trinajstić information content (AvgIpc) is 2.31. The lowest BCUT2D eigenvalue weighted by molar-refractivity contribution is -0.126. The number of hydrogen-bond acceptors (Lipinski definition) is 4. The second kappa shape index (κ2) is 7.34. The largest absolute Gasteiger partial charge is 0.444 e. The van der Waals surface area contributed by atoms with E-state index in [1.165, 1.54) is 0 Å². The zero-order chi connectivity index (χ0) is 18.0. The van der Waals surface area contributed by atoms with Gasteiger partial charge in [-0.15, -0.1) is 0 Å². The number of carbonyl (C=O) groups excluding carboxylic acids is 2. The highest BCUT2D eigenvalue weighted by Gasteiger charge is 2.43. The summed E-state index contributed by atoms with van der Waals surface area (Å²) >= 11 is 0. The van der Waals surface area contributed by atoms with Crippen molar-refractivity contribution in [2.75, 3.05) is 6.54 Å². The Kier molecular flexibility index (Phi) is 6.44. The number of hydrogen-bond donors (Lipinski definition) is 0. The maximum Gasteiger partial charge on any atom is 0.410 e. The van der Waals surface area contributed by atoms with Crippen molar-refractivity contribution < 1.29 is 18.8 Å². The molecule has 1 rings (SSSR count). The van der Waals surface area contributed by atoms with Crippen LogP contribution in [0.5, 0.6) is 0 Å². The van der Waals surface area contributed by atoms with Crippen LogP contribution >= 0.6 is 0 Å². The molecule has 2 atom stereocenters. The fraction of sp³-hybridized carbons (Fsp3) is 0.882. The molecule has 6 heteroatoms. The number of Topliss-reactive ketones (excluding diaryl/α,β-unsaturated/α-hetero) is 1. The molecule has 0 N–H and O–H groups in total. The number of amides is 1. The molecular weight excluding hydrogens is 310 g/mol. The Bertz CT molecular complexity index is 437. The lowest BCUT2D eigenvalue weighted by Gasteiger charge is -2.45. The van der Waals surface area contributed by atoms with Gasteiger partial charge in [-0.1, -0.05) is 20.8 Å². The molecule has 134 valence electrons. The van der Waals surface area contributed by atoms with E-state index in [0.29, 0.717) is 19.4 Å². The second-order valence-electron chi connectivity index (χ2n) is 8.71. The minimum Gasteiger partial charge on any atom is -0.444 e. The summed E-state index contributed by atoms with van der Waals surface area (Å²) in [5, 5.41) is 0. The predicted molar refractivity (Wildman–Crippen MR) is 94.2 cm³/mol. The van der Waals surface area contributed by atoms with E-state index in [0.717, 1.165) is 0 Å². The molecule has 1 fully saturated rings. The molecule has 0 aromatic carbocycles. The van der Waals surface area contributed by atoms with Crippen molar-refractivity contribution in [2.45, 2.75) is 85.2 Å². The fourth-order valence-electron chi connectivity index (χ4n) is 2.84. The number of ether oxygens (including phenoxy) is 1. The molecule has 0 saturated carbocycles. The number of rotatable bonds is 3. The van der Waals surface area contributed by atoms with Crippen molar-refractivity contribution in [1.82, 2.24) is 4.90 Å². The highest BCUT2D eigenvalue weighted by atomic mass is 28.3. The predicted octanol–water partition coefficient (Wildman–Crippen LogP) is 3.37. The highest BCUT2D eigenvalue weighted by molar-refractivity contribution is 6.48. The molecule has 1 unspecified atom stereocenters. The van der Waals surface area contributed by atoms with Gasteiger partial charge in [0.1, 0.15) is 11.4 Å². The first-order valence-corrected chi connectivity index (χ1v) is 11.3. The van der Waals surface area contributed by atoms with Crippen LogP contribution in [-0.2, 0) is 14.0 Å². The number of ketones is 1. The van der Waals surface area contributed by atoms with Crippen LogP contribution in [0.2, 0.25) is 13.1 Å². The molecular formula is C17H33NO4Si. The third kappa shape index (κ3) is 6.26.